The molecular weight excluding hydrogens is 252 g/mol. The van der Waals surface area contributed by atoms with Crippen LogP contribution in [-0.4, -0.2) is 31.0 Å². The van der Waals surface area contributed by atoms with Crippen molar-refractivity contribution in [2.75, 3.05) is 13.1 Å². The summed E-state index contributed by atoms with van der Waals surface area (Å²) < 4.78 is 31.6. The first-order valence-corrected chi connectivity index (χ1v) is 7.61. The van der Waals surface area contributed by atoms with Crippen LogP contribution in [0, 0.1) is 19.3 Å². The van der Waals surface area contributed by atoms with Crippen molar-refractivity contribution in [2.45, 2.75) is 45.4 Å². The van der Waals surface area contributed by atoms with Crippen LogP contribution in [0.1, 0.15) is 38.1 Å². The van der Waals surface area contributed by atoms with Crippen LogP contribution in [0.3, 0.4) is 0 Å². The van der Waals surface area contributed by atoms with Gasteiger partial charge in [-0.25, -0.2) is 8.42 Å². The lowest BCUT2D eigenvalue weighted by molar-refractivity contribution is 0.195. The van der Waals surface area contributed by atoms with Crippen LogP contribution < -0.4 is 0 Å². The maximum Gasteiger partial charge on any atom is 0.248 e. The van der Waals surface area contributed by atoms with Gasteiger partial charge in [-0.05, 0) is 32.1 Å². The molecule has 1 aromatic rings. The van der Waals surface area contributed by atoms with Gasteiger partial charge < -0.3 is 4.52 Å². The second kappa shape index (κ2) is 4.35. The van der Waals surface area contributed by atoms with Gasteiger partial charge in [0.15, 0.2) is 5.76 Å². The van der Waals surface area contributed by atoms with E-state index in [9.17, 15) is 8.42 Å². The summed E-state index contributed by atoms with van der Waals surface area (Å²) in [4.78, 5) is 0.238. The van der Waals surface area contributed by atoms with Gasteiger partial charge in [0.05, 0.1) is 0 Å². The van der Waals surface area contributed by atoms with E-state index in [0.717, 1.165) is 12.8 Å². The molecule has 0 bridgehead atoms. The molecular formula is C12H20N2O3S. The fraction of sp³-hybridized carbons (Fsp3) is 0.750. The van der Waals surface area contributed by atoms with Crippen LogP contribution in [0.5, 0.6) is 0 Å². The van der Waals surface area contributed by atoms with Gasteiger partial charge in [0, 0.05) is 13.1 Å². The first-order valence-electron chi connectivity index (χ1n) is 6.17. The fourth-order valence-corrected chi connectivity index (χ4v) is 4.04. The lowest BCUT2D eigenvalue weighted by atomic mass is 9.83. The van der Waals surface area contributed by atoms with Gasteiger partial charge in [0.1, 0.15) is 10.6 Å². The number of piperidine rings is 1. The van der Waals surface area contributed by atoms with Gasteiger partial charge in [-0.15, -0.1) is 0 Å². The summed E-state index contributed by atoms with van der Waals surface area (Å²) in [5.74, 6) is 0.373. The Morgan fingerprint density at radius 1 is 1.22 bits per heavy atom. The number of rotatable bonds is 2. The molecule has 0 N–H and O–H groups in total. The zero-order valence-corrected chi connectivity index (χ0v) is 12.2. The maximum atomic E-state index is 12.5. The van der Waals surface area contributed by atoms with Gasteiger partial charge in [0.2, 0.25) is 10.0 Å². The molecule has 1 aliphatic rings. The predicted molar refractivity (Wildman–Crippen MR) is 67.8 cm³/mol. The van der Waals surface area contributed by atoms with Crippen molar-refractivity contribution in [1.82, 2.24) is 9.46 Å². The Bertz CT molecular complexity index is 516. The third-order valence-corrected chi connectivity index (χ3v) is 5.79. The van der Waals surface area contributed by atoms with E-state index >= 15 is 0 Å². The first-order chi connectivity index (χ1) is 8.24. The number of aromatic nitrogens is 1. The average Bonchev–Trinajstić information content (AvgIpc) is 2.58. The van der Waals surface area contributed by atoms with Crippen molar-refractivity contribution in [1.29, 1.82) is 0 Å². The van der Waals surface area contributed by atoms with Crippen LogP contribution >= 0.6 is 0 Å². The van der Waals surface area contributed by atoms with E-state index in [1.54, 1.807) is 18.2 Å². The van der Waals surface area contributed by atoms with Crippen LogP contribution in [0.15, 0.2) is 9.42 Å². The van der Waals surface area contributed by atoms with Crippen LogP contribution in [0.25, 0.3) is 0 Å². The normalized spacial score (nSPS) is 21.1. The van der Waals surface area contributed by atoms with Gasteiger partial charge in [-0.1, -0.05) is 19.0 Å². The summed E-state index contributed by atoms with van der Waals surface area (Å²) in [6, 6.07) is 0. The third kappa shape index (κ3) is 2.31. The highest BCUT2D eigenvalue weighted by Crippen LogP contribution is 2.33. The molecule has 0 aromatic carbocycles. The topological polar surface area (TPSA) is 63.4 Å². The minimum atomic E-state index is -3.45. The summed E-state index contributed by atoms with van der Waals surface area (Å²) in [6.07, 6.45) is 1.77. The van der Waals surface area contributed by atoms with E-state index in [1.807, 2.05) is 0 Å². The summed E-state index contributed by atoms with van der Waals surface area (Å²) >= 11 is 0. The molecule has 0 unspecified atom stereocenters. The van der Waals surface area contributed by atoms with Crippen molar-refractivity contribution in [3.8, 4) is 0 Å². The summed E-state index contributed by atoms with van der Waals surface area (Å²) in [5.41, 5.74) is 0.669. The van der Waals surface area contributed by atoms with Gasteiger partial charge in [-0.3, -0.25) is 0 Å². The molecule has 0 spiro atoms. The Labute approximate surface area is 108 Å². The molecule has 0 amide bonds. The minimum Gasteiger partial charge on any atom is -0.360 e. The number of hydrogen-bond donors (Lipinski definition) is 0. The van der Waals surface area contributed by atoms with Gasteiger partial charge >= 0.3 is 0 Å². The van der Waals surface area contributed by atoms with Crippen molar-refractivity contribution in [2.24, 2.45) is 5.41 Å². The van der Waals surface area contributed by atoms with E-state index in [4.69, 9.17) is 4.52 Å². The molecule has 1 aliphatic heterocycles. The van der Waals surface area contributed by atoms with E-state index in [2.05, 4.69) is 19.0 Å². The Morgan fingerprint density at radius 3 is 2.22 bits per heavy atom. The number of nitrogens with zero attached hydrogens (tertiary/aromatic N) is 2. The lowest BCUT2D eigenvalue weighted by Gasteiger charge is -2.35. The highest BCUT2D eigenvalue weighted by Gasteiger charge is 2.35. The Kier molecular flexibility index (Phi) is 3.27. The Hall–Kier alpha value is -0.880. The Balaban J connectivity index is 2.29. The molecule has 0 aliphatic carbocycles. The molecule has 0 saturated carbocycles. The molecule has 18 heavy (non-hydrogen) atoms. The van der Waals surface area contributed by atoms with E-state index < -0.39 is 10.0 Å². The second-order valence-electron chi connectivity index (χ2n) is 5.72. The molecule has 0 atom stereocenters. The second-order valence-corrected chi connectivity index (χ2v) is 7.60. The zero-order valence-electron chi connectivity index (χ0n) is 11.4. The van der Waals surface area contributed by atoms with Crippen molar-refractivity contribution >= 4 is 10.0 Å². The van der Waals surface area contributed by atoms with Gasteiger partial charge in [0.25, 0.3) is 0 Å². The van der Waals surface area contributed by atoms with Crippen molar-refractivity contribution < 1.29 is 12.9 Å². The molecule has 1 saturated heterocycles. The number of aryl methyl sites for hydroxylation is 2. The summed E-state index contributed by atoms with van der Waals surface area (Å²) in [5, 5.41) is 3.73. The van der Waals surface area contributed by atoms with Gasteiger partial charge in [-0.2, -0.15) is 4.31 Å². The fourth-order valence-electron chi connectivity index (χ4n) is 2.30. The molecule has 2 rings (SSSR count). The highest BCUT2D eigenvalue weighted by atomic mass is 32.2. The summed E-state index contributed by atoms with van der Waals surface area (Å²) in [6.45, 7) is 8.79. The first kappa shape index (κ1) is 13.5. The van der Waals surface area contributed by atoms with E-state index in [-0.39, 0.29) is 10.3 Å². The molecule has 5 nitrogen and oxygen atoms in total. The molecule has 6 heteroatoms. The highest BCUT2D eigenvalue weighted by molar-refractivity contribution is 7.89. The monoisotopic (exact) mass is 272 g/mol. The predicted octanol–water partition coefficient (Wildman–Crippen LogP) is 2.10. The zero-order chi connectivity index (χ0) is 13.6. The third-order valence-electron chi connectivity index (χ3n) is 3.64. The van der Waals surface area contributed by atoms with Crippen LogP contribution in [0.2, 0.25) is 0 Å². The Morgan fingerprint density at radius 2 is 1.78 bits per heavy atom. The SMILES string of the molecule is Cc1noc(C)c1S(=O)(=O)N1CCC(C)(C)CC1. The molecule has 0 radical (unpaired) electrons. The van der Waals surface area contributed by atoms with E-state index in [1.165, 1.54) is 0 Å². The lowest BCUT2D eigenvalue weighted by Crippen LogP contribution is -2.41. The minimum absolute atomic E-state index is 0.227. The quantitative estimate of drug-likeness (QED) is 0.827. The number of hydrogen-bond acceptors (Lipinski definition) is 4. The number of sulfonamides is 1. The van der Waals surface area contributed by atoms with Crippen molar-refractivity contribution in [3.05, 3.63) is 11.5 Å². The standard InChI is InChI=1S/C12H20N2O3S/c1-9-11(10(2)17-13-9)18(15,16)14-7-5-12(3,4)6-8-14/h5-8H2,1-4H3. The molecule has 1 fully saturated rings. The van der Waals surface area contributed by atoms with Crippen molar-refractivity contribution in [3.63, 3.8) is 0 Å². The van der Waals surface area contributed by atoms with Crippen LogP contribution in [-0.2, 0) is 10.0 Å². The molecule has 102 valence electrons. The molecule has 2 heterocycles. The van der Waals surface area contributed by atoms with Crippen LogP contribution in [0.4, 0.5) is 0 Å². The van der Waals surface area contributed by atoms with E-state index in [0.29, 0.717) is 24.5 Å². The molecule has 1 aromatic heterocycles. The average molecular weight is 272 g/mol. The summed E-state index contributed by atoms with van der Waals surface area (Å²) in [7, 11) is -3.45. The smallest absolute Gasteiger partial charge is 0.248 e. The largest absolute Gasteiger partial charge is 0.360 e. The maximum absolute atomic E-state index is 12.5.